The summed E-state index contributed by atoms with van der Waals surface area (Å²) in [4.78, 5) is 12.5. The van der Waals surface area contributed by atoms with Crippen LogP contribution >= 0.6 is 0 Å². The predicted molar refractivity (Wildman–Crippen MR) is 124 cm³/mol. The van der Waals surface area contributed by atoms with Gasteiger partial charge in [0.25, 0.3) is 0 Å². The number of carbonyl (C=O) groups is 1. The number of hydrogen-bond acceptors (Lipinski definition) is 4. The van der Waals surface area contributed by atoms with Crippen LogP contribution in [-0.2, 0) is 22.4 Å². The van der Waals surface area contributed by atoms with Crippen molar-refractivity contribution >= 4 is 5.91 Å². The fourth-order valence-electron chi connectivity index (χ4n) is 3.94. The van der Waals surface area contributed by atoms with Crippen molar-refractivity contribution in [1.29, 1.82) is 0 Å². The van der Waals surface area contributed by atoms with Crippen molar-refractivity contribution in [2.45, 2.75) is 52.1 Å². The molecule has 168 valence electrons. The predicted octanol–water partition coefficient (Wildman–Crippen LogP) is 4.76. The Morgan fingerprint density at radius 2 is 1.97 bits per heavy atom. The number of rotatable bonds is 9. The zero-order valence-corrected chi connectivity index (χ0v) is 18.8. The summed E-state index contributed by atoms with van der Waals surface area (Å²) in [7, 11) is 0. The molecule has 32 heavy (non-hydrogen) atoms. The van der Waals surface area contributed by atoms with E-state index >= 15 is 0 Å². The molecule has 0 bridgehead atoms. The van der Waals surface area contributed by atoms with E-state index in [4.69, 9.17) is 14.6 Å². The minimum Gasteiger partial charge on any atom is -0.439 e. The topological polar surface area (TPSA) is 65.4 Å². The number of aryl methyl sites for hydroxylation is 2. The molecule has 0 spiro atoms. The second-order valence-electron chi connectivity index (χ2n) is 8.19. The lowest BCUT2D eigenvalue weighted by Crippen LogP contribution is -2.31. The van der Waals surface area contributed by atoms with Crippen LogP contribution in [0.4, 0.5) is 0 Å². The van der Waals surface area contributed by atoms with Crippen LogP contribution in [0.2, 0.25) is 0 Å². The van der Waals surface area contributed by atoms with Crippen LogP contribution in [0.15, 0.2) is 54.6 Å². The maximum absolute atomic E-state index is 12.5. The maximum atomic E-state index is 12.5. The maximum Gasteiger partial charge on any atom is 0.226 e. The van der Waals surface area contributed by atoms with Gasteiger partial charge in [-0.3, -0.25) is 4.79 Å². The van der Waals surface area contributed by atoms with Crippen LogP contribution in [0.1, 0.15) is 43.0 Å². The molecule has 1 saturated heterocycles. The van der Waals surface area contributed by atoms with Crippen molar-refractivity contribution in [2.24, 2.45) is 0 Å². The van der Waals surface area contributed by atoms with Crippen LogP contribution in [0, 0.1) is 6.92 Å². The molecule has 3 aromatic rings. The second-order valence-corrected chi connectivity index (χ2v) is 8.19. The Kier molecular flexibility index (Phi) is 7.22. The Morgan fingerprint density at radius 3 is 2.66 bits per heavy atom. The molecule has 0 aliphatic carbocycles. The first-order valence-corrected chi connectivity index (χ1v) is 11.4. The average Bonchev–Trinajstić information content (AvgIpc) is 3.46. The molecule has 4 rings (SSSR count). The van der Waals surface area contributed by atoms with Gasteiger partial charge in [-0.25, -0.2) is 4.68 Å². The van der Waals surface area contributed by atoms with Crippen molar-refractivity contribution in [3.8, 4) is 17.3 Å². The third-order valence-electron chi connectivity index (χ3n) is 5.74. The molecule has 1 aromatic heterocycles. The minimum absolute atomic E-state index is 0.0244. The van der Waals surface area contributed by atoms with Gasteiger partial charge in [0.15, 0.2) is 0 Å². The first-order chi connectivity index (χ1) is 15.6. The summed E-state index contributed by atoms with van der Waals surface area (Å²) < 4.78 is 13.8. The van der Waals surface area contributed by atoms with E-state index in [0.29, 0.717) is 25.3 Å². The Labute approximate surface area is 189 Å². The molecule has 1 fully saturated rings. The summed E-state index contributed by atoms with van der Waals surface area (Å²) in [5.41, 5.74) is 4.02. The van der Waals surface area contributed by atoms with Crippen molar-refractivity contribution in [2.75, 3.05) is 13.2 Å². The molecule has 1 unspecified atom stereocenters. The zero-order valence-electron chi connectivity index (χ0n) is 18.8. The van der Waals surface area contributed by atoms with Crippen molar-refractivity contribution in [3.05, 3.63) is 71.4 Å². The molecule has 0 saturated carbocycles. The first kappa shape index (κ1) is 22.1. The molecule has 1 atom stereocenters. The lowest BCUT2D eigenvalue weighted by molar-refractivity contribution is -0.121. The lowest BCUT2D eigenvalue weighted by Gasteiger charge is -2.13. The van der Waals surface area contributed by atoms with Crippen LogP contribution in [0.25, 0.3) is 5.69 Å². The number of aromatic nitrogens is 2. The monoisotopic (exact) mass is 433 g/mol. The molecule has 1 amide bonds. The van der Waals surface area contributed by atoms with E-state index in [2.05, 4.69) is 12.2 Å². The third kappa shape index (κ3) is 5.37. The molecular weight excluding hydrogens is 402 g/mol. The summed E-state index contributed by atoms with van der Waals surface area (Å²) in [5, 5.41) is 7.85. The Bertz CT molecular complexity index is 1020. The summed E-state index contributed by atoms with van der Waals surface area (Å²) in [6.45, 7) is 5.50. The molecular formula is C26H31N3O3. The minimum atomic E-state index is 0.0244. The quantitative estimate of drug-likeness (QED) is 0.528. The van der Waals surface area contributed by atoms with Crippen LogP contribution in [-0.4, -0.2) is 34.9 Å². The molecule has 0 radical (unpaired) electrons. The van der Waals surface area contributed by atoms with Crippen LogP contribution in [0.3, 0.4) is 0 Å². The van der Waals surface area contributed by atoms with Gasteiger partial charge in [0.05, 0.1) is 17.5 Å². The summed E-state index contributed by atoms with van der Waals surface area (Å²) in [6, 6.07) is 17.9. The number of nitrogens with one attached hydrogen (secondary N) is 1. The van der Waals surface area contributed by atoms with Gasteiger partial charge in [-0.15, -0.1) is 0 Å². The first-order valence-electron chi connectivity index (χ1n) is 11.4. The number of nitrogens with zero attached hydrogens (tertiary/aromatic N) is 2. The standard InChI is InChI=1S/C26H31N3O3/c1-3-24-23(15-16-25(30)27-18-22-10-7-17-31-22)26(32-21-13-11-19(2)12-14-21)29(28-24)20-8-5-4-6-9-20/h4-6,8-9,11-14,22H,3,7,10,15-18H2,1-2H3,(H,27,30). The van der Waals surface area contributed by atoms with Gasteiger partial charge >= 0.3 is 0 Å². The van der Waals surface area contributed by atoms with Gasteiger partial charge in [0.1, 0.15) is 5.75 Å². The van der Waals surface area contributed by atoms with Crippen LogP contribution in [0.5, 0.6) is 11.6 Å². The Morgan fingerprint density at radius 1 is 1.19 bits per heavy atom. The average molecular weight is 434 g/mol. The summed E-state index contributed by atoms with van der Waals surface area (Å²) >= 11 is 0. The van der Waals surface area contributed by atoms with Crippen molar-refractivity contribution in [1.82, 2.24) is 15.1 Å². The number of ether oxygens (including phenoxy) is 2. The molecule has 1 N–H and O–H groups in total. The van der Waals surface area contributed by atoms with E-state index in [-0.39, 0.29) is 12.0 Å². The van der Waals surface area contributed by atoms with E-state index in [1.54, 1.807) is 0 Å². The smallest absolute Gasteiger partial charge is 0.226 e. The second kappa shape index (κ2) is 10.5. The van der Waals surface area contributed by atoms with E-state index in [0.717, 1.165) is 48.6 Å². The molecule has 1 aliphatic rings. The van der Waals surface area contributed by atoms with Crippen molar-refractivity contribution in [3.63, 3.8) is 0 Å². The number of hydrogen-bond donors (Lipinski definition) is 1. The zero-order chi connectivity index (χ0) is 22.3. The number of para-hydroxylation sites is 1. The van der Waals surface area contributed by atoms with E-state index < -0.39 is 0 Å². The van der Waals surface area contributed by atoms with Gasteiger partial charge in [-0.2, -0.15) is 5.10 Å². The molecule has 1 aliphatic heterocycles. The number of amides is 1. The summed E-state index contributed by atoms with van der Waals surface area (Å²) in [5.74, 6) is 1.44. The normalized spacial score (nSPS) is 15.6. The van der Waals surface area contributed by atoms with E-state index in [9.17, 15) is 4.79 Å². The van der Waals surface area contributed by atoms with Gasteiger partial charge < -0.3 is 14.8 Å². The fraction of sp³-hybridized carbons (Fsp3) is 0.385. The highest BCUT2D eigenvalue weighted by Crippen LogP contribution is 2.32. The van der Waals surface area contributed by atoms with Gasteiger partial charge in [-0.1, -0.05) is 42.8 Å². The van der Waals surface area contributed by atoms with Gasteiger partial charge in [0, 0.05) is 25.1 Å². The van der Waals surface area contributed by atoms with E-state index in [1.807, 2.05) is 66.2 Å². The summed E-state index contributed by atoms with van der Waals surface area (Å²) in [6.07, 6.45) is 3.93. The number of benzene rings is 2. The SMILES string of the molecule is CCc1nn(-c2ccccc2)c(Oc2ccc(C)cc2)c1CCC(=O)NCC1CCCO1. The van der Waals surface area contributed by atoms with Crippen molar-refractivity contribution < 1.29 is 14.3 Å². The Balaban J connectivity index is 1.57. The highest BCUT2D eigenvalue weighted by molar-refractivity contribution is 5.76. The largest absolute Gasteiger partial charge is 0.439 e. The molecule has 6 nitrogen and oxygen atoms in total. The molecule has 6 heteroatoms. The number of carbonyl (C=O) groups excluding carboxylic acids is 1. The lowest BCUT2D eigenvalue weighted by atomic mass is 10.1. The molecule has 2 heterocycles. The van der Waals surface area contributed by atoms with Gasteiger partial charge in [-0.05, 0) is 56.9 Å². The highest BCUT2D eigenvalue weighted by Gasteiger charge is 2.22. The van der Waals surface area contributed by atoms with Gasteiger partial charge in [0.2, 0.25) is 11.8 Å². The highest BCUT2D eigenvalue weighted by atomic mass is 16.5. The van der Waals surface area contributed by atoms with E-state index in [1.165, 1.54) is 5.56 Å². The fourth-order valence-corrected chi connectivity index (χ4v) is 3.94. The molecule has 2 aromatic carbocycles. The van der Waals surface area contributed by atoms with Crippen LogP contribution < -0.4 is 10.1 Å². The Hall–Kier alpha value is -3.12. The third-order valence-corrected chi connectivity index (χ3v) is 5.74.